The van der Waals surface area contributed by atoms with Crippen molar-refractivity contribution in [1.29, 1.82) is 0 Å². The minimum absolute atomic E-state index is 0.0619. The fraction of sp³-hybridized carbons (Fsp3) is 0.150. The lowest BCUT2D eigenvalue weighted by Gasteiger charge is -2.15. The highest BCUT2D eigenvalue weighted by Gasteiger charge is 2.24. The topological polar surface area (TPSA) is 90.9 Å². The molecule has 3 aromatic rings. The highest BCUT2D eigenvalue weighted by Crippen LogP contribution is 2.37. The smallest absolute Gasteiger partial charge is 0.330 e. The van der Waals surface area contributed by atoms with Gasteiger partial charge in [-0.15, -0.1) is 11.3 Å². The Balaban J connectivity index is 2.05. The van der Waals surface area contributed by atoms with Crippen LogP contribution >= 0.6 is 11.3 Å². The first kappa shape index (κ1) is 20.7. The zero-order valence-electron chi connectivity index (χ0n) is 16.0. The maximum atomic E-state index is 13.1. The van der Waals surface area contributed by atoms with Gasteiger partial charge >= 0.3 is 5.97 Å². The normalized spacial score (nSPS) is 11.6. The Kier molecular flexibility index (Phi) is 6.09. The molecule has 9 heteroatoms. The molecule has 0 bridgehead atoms. The molecule has 0 unspecified atom stereocenters. The van der Waals surface area contributed by atoms with Gasteiger partial charge in [-0.2, -0.15) is 0 Å². The van der Waals surface area contributed by atoms with Crippen molar-refractivity contribution in [3.8, 4) is 11.5 Å². The van der Waals surface area contributed by atoms with Crippen LogP contribution in [0.25, 0.3) is 16.2 Å². The van der Waals surface area contributed by atoms with Crippen molar-refractivity contribution >= 4 is 49.2 Å². The molecule has 0 aliphatic heterocycles. The Morgan fingerprint density at radius 3 is 2.55 bits per heavy atom. The van der Waals surface area contributed by atoms with Crippen LogP contribution in [0.4, 0.5) is 5.69 Å². The van der Waals surface area contributed by atoms with Crippen LogP contribution in [-0.2, 0) is 19.6 Å². The Morgan fingerprint density at radius 1 is 1.07 bits per heavy atom. The van der Waals surface area contributed by atoms with Crippen LogP contribution in [0.1, 0.15) is 5.56 Å². The fourth-order valence-corrected chi connectivity index (χ4v) is 4.76. The molecule has 0 atom stereocenters. The van der Waals surface area contributed by atoms with E-state index >= 15 is 0 Å². The predicted molar refractivity (Wildman–Crippen MR) is 113 cm³/mol. The van der Waals surface area contributed by atoms with Gasteiger partial charge in [-0.1, -0.05) is 0 Å². The van der Waals surface area contributed by atoms with Gasteiger partial charge in [0.1, 0.15) is 4.90 Å². The number of esters is 1. The van der Waals surface area contributed by atoms with Crippen molar-refractivity contribution in [2.24, 2.45) is 0 Å². The number of ether oxygens (including phenoxy) is 3. The number of benzene rings is 2. The molecule has 0 aliphatic carbocycles. The summed E-state index contributed by atoms with van der Waals surface area (Å²) in [4.78, 5) is 11.3. The second-order valence-electron chi connectivity index (χ2n) is 5.89. The van der Waals surface area contributed by atoms with Crippen LogP contribution < -0.4 is 14.2 Å². The molecule has 0 radical (unpaired) electrons. The summed E-state index contributed by atoms with van der Waals surface area (Å²) in [5.41, 5.74) is 0.856. The van der Waals surface area contributed by atoms with Gasteiger partial charge in [0, 0.05) is 16.5 Å². The van der Waals surface area contributed by atoms with E-state index in [1.165, 1.54) is 39.5 Å². The average Bonchev–Trinajstić information content (AvgIpc) is 3.18. The molecular weight excluding hydrogens is 414 g/mol. The summed E-state index contributed by atoms with van der Waals surface area (Å²) in [5, 5.41) is 2.88. The molecule has 0 fully saturated rings. The van der Waals surface area contributed by atoms with E-state index < -0.39 is 16.0 Å². The van der Waals surface area contributed by atoms with E-state index in [2.05, 4.69) is 9.46 Å². The lowest BCUT2D eigenvalue weighted by atomic mass is 10.2. The summed E-state index contributed by atoms with van der Waals surface area (Å²) in [7, 11) is 0.00880. The summed E-state index contributed by atoms with van der Waals surface area (Å²) in [6.07, 6.45) is 2.62. The maximum absolute atomic E-state index is 13.1. The molecule has 0 saturated carbocycles. The number of sulfonamides is 1. The fourth-order valence-electron chi connectivity index (χ4n) is 2.72. The summed E-state index contributed by atoms with van der Waals surface area (Å²) in [5.74, 6) is -0.286. The van der Waals surface area contributed by atoms with Crippen molar-refractivity contribution in [3.63, 3.8) is 0 Å². The number of methoxy groups -OCH3 is 3. The van der Waals surface area contributed by atoms with Crippen LogP contribution in [0.15, 0.2) is 52.7 Å². The van der Waals surface area contributed by atoms with Crippen molar-refractivity contribution in [2.45, 2.75) is 4.90 Å². The van der Waals surface area contributed by atoms with E-state index in [4.69, 9.17) is 9.47 Å². The molecule has 1 N–H and O–H groups in total. The quantitative estimate of drug-likeness (QED) is 0.449. The third kappa shape index (κ3) is 4.52. The second kappa shape index (κ2) is 8.54. The van der Waals surface area contributed by atoms with E-state index in [0.29, 0.717) is 11.3 Å². The number of nitrogens with one attached hydrogen (secondary N) is 1. The second-order valence-corrected chi connectivity index (χ2v) is 8.49. The minimum atomic E-state index is -4.01. The number of rotatable bonds is 7. The minimum Gasteiger partial charge on any atom is -0.493 e. The maximum Gasteiger partial charge on any atom is 0.330 e. The largest absolute Gasteiger partial charge is 0.493 e. The standard InChI is InChI=1S/C20H19NO6S2/c1-25-16-10-13(4-7-19(22)26-2)11-18(20(16)27-3)29(23,24)21-15-5-6-17-14(12-15)8-9-28-17/h4-12,21H,1-3H3/b7-4+. The number of carbonyl (C=O) groups excluding carboxylic acids is 1. The van der Waals surface area contributed by atoms with Crippen molar-refractivity contribution in [3.05, 3.63) is 53.4 Å². The summed E-state index contributed by atoms with van der Waals surface area (Å²) in [6, 6.07) is 10.2. The first-order chi connectivity index (χ1) is 13.9. The van der Waals surface area contributed by atoms with Gasteiger partial charge in [0.05, 0.1) is 21.3 Å². The van der Waals surface area contributed by atoms with E-state index in [-0.39, 0.29) is 16.4 Å². The van der Waals surface area contributed by atoms with E-state index in [1.807, 2.05) is 17.5 Å². The van der Waals surface area contributed by atoms with Crippen LogP contribution in [-0.4, -0.2) is 35.7 Å². The Morgan fingerprint density at radius 2 is 1.86 bits per heavy atom. The SMILES string of the molecule is COC(=O)/C=C/c1cc(OC)c(OC)c(S(=O)(=O)Nc2ccc3sccc3c2)c1. The van der Waals surface area contributed by atoms with Crippen LogP contribution in [0.3, 0.4) is 0 Å². The number of fused-ring (bicyclic) bond motifs is 1. The molecule has 7 nitrogen and oxygen atoms in total. The molecule has 3 rings (SSSR count). The number of hydrogen-bond acceptors (Lipinski definition) is 7. The van der Waals surface area contributed by atoms with Crippen molar-refractivity contribution in [2.75, 3.05) is 26.1 Å². The molecule has 0 amide bonds. The third-order valence-electron chi connectivity index (χ3n) is 4.07. The van der Waals surface area contributed by atoms with Gasteiger partial charge < -0.3 is 14.2 Å². The van der Waals surface area contributed by atoms with E-state index in [0.717, 1.165) is 10.1 Å². The highest BCUT2D eigenvalue weighted by molar-refractivity contribution is 7.92. The number of thiophene rings is 1. The van der Waals surface area contributed by atoms with Crippen LogP contribution in [0.5, 0.6) is 11.5 Å². The number of hydrogen-bond donors (Lipinski definition) is 1. The van der Waals surface area contributed by atoms with Gasteiger partial charge in [-0.25, -0.2) is 13.2 Å². The van der Waals surface area contributed by atoms with Crippen molar-refractivity contribution < 1.29 is 27.4 Å². The molecule has 0 spiro atoms. The third-order valence-corrected chi connectivity index (χ3v) is 6.36. The van der Waals surface area contributed by atoms with Gasteiger partial charge in [0.15, 0.2) is 11.5 Å². The van der Waals surface area contributed by atoms with Crippen molar-refractivity contribution in [1.82, 2.24) is 0 Å². The average molecular weight is 434 g/mol. The summed E-state index contributed by atoms with van der Waals surface area (Å²) >= 11 is 1.57. The van der Waals surface area contributed by atoms with Crippen LogP contribution in [0.2, 0.25) is 0 Å². The Labute approximate surface area is 172 Å². The predicted octanol–water partition coefficient (Wildman–Crippen LogP) is 3.91. The number of anilines is 1. The van der Waals surface area contributed by atoms with Gasteiger partial charge in [0.2, 0.25) is 0 Å². The molecular formula is C20H19NO6S2. The molecule has 29 heavy (non-hydrogen) atoms. The molecule has 0 aliphatic rings. The Hall–Kier alpha value is -3.04. The molecule has 0 saturated heterocycles. The lowest BCUT2D eigenvalue weighted by Crippen LogP contribution is -2.14. The summed E-state index contributed by atoms with van der Waals surface area (Å²) < 4.78 is 45.0. The van der Waals surface area contributed by atoms with E-state index in [1.54, 1.807) is 29.5 Å². The summed E-state index contributed by atoms with van der Waals surface area (Å²) in [6.45, 7) is 0. The van der Waals surface area contributed by atoms with Crippen LogP contribution in [0, 0.1) is 0 Å². The zero-order valence-corrected chi connectivity index (χ0v) is 17.6. The first-order valence-corrected chi connectivity index (χ1v) is 10.8. The monoisotopic (exact) mass is 433 g/mol. The molecule has 152 valence electrons. The first-order valence-electron chi connectivity index (χ1n) is 8.40. The van der Waals surface area contributed by atoms with Gasteiger partial charge in [-0.05, 0) is 58.8 Å². The Bertz CT molecular complexity index is 1180. The number of carbonyl (C=O) groups is 1. The lowest BCUT2D eigenvalue weighted by molar-refractivity contribution is -0.134. The van der Waals surface area contributed by atoms with E-state index in [9.17, 15) is 13.2 Å². The molecule has 1 aromatic heterocycles. The molecule has 2 aromatic carbocycles. The zero-order chi connectivity index (χ0) is 21.0. The molecule has 1 heterocycles. The van der Waals surface area contributed by atoms with Gasteiger partial charge in [0.25, 0.3) is 10.0 Å². The van der Waals surface area contributed by atoms with Gasteiger partial charge in [-0.3, -0.25) is 4.72 Å². The highest BCUT2D eigenvalue weighted by atomic mass is 32.2.